The average molecular weight is 500 g/mol. The number of carbonyl (C=O) groups is 1. The summed E-state index contributed by atoms with van der Waals surface area (Å²) in [5.41, 5.74) is 4.67. The summed E-state index contributed by atoms with van der Waals surface area (Å²) >= 11 is 0. The molecule has 1 fully saturated rings. The van der Waals surface area contributed by atoms with E-state index in [1.165, 1.54) is 0 Å². The molecule has 37 heavy (non-hydrogen) atoms. The van der Waals surface area contributed by atoms with Crippen LogP contribution in [0, 0.1) is 0 Å². The Morgan fingerprint density at radius 1 is 1.00 bits per heavy atom. The van der Waals surface area contributed by atoms with Gasteiger partial charge in [-0.1, -0.05) is 60.7 Å². The Morgan fingerprint density at radius 2 is 1.68 bits per heavy atom. The van der Waals surface area contributed by atoms with Gasteiger partial charge in [0.1, 0.15) is 5.75 Å². The molecule has 7 heteroatoms. The van der Waals surface area contributed by atoms with Gasteiger partial charge >= 0.3 is 0 Å². The van der Waals surface area contributed by atoms with Crippen LogP contribution in [-0.2, 0) is 16.0 Å². The molecular weight excluding hydrogens is 466 g/mol. The molecule has 0 spiro atoms. The maximum absolute atomic E-state index is 14.1. The second-order valence-electron chi connectivity index (χ2n) is 9.50. The lowest BCUT2D eigenvalue weighted by Gasteiger charge is -2.32. The van der Waals surface area contributed by atoms with Crippen LogP contribution >= 0.6 is 0 Å². The highest BCUT2D eigenvalue weighted by Gasteiger charge is 2.53. The summed E-state index contributed by atoms with van der Waals surface area (Å²) in [6.07, 6.45) is 2.51. The largest absolute Gasteiger partial charge is 0.494 e. The van der Waals surface area contributed by atoms with Crippen molar-refractivity contribution >= 4 is 11.8 Å². The predicted octanol–water partition coefficient (Wildman–Crippen LogP) is 4.07. The molecule has 3 aromatic rings. The van der Waals surface area contributed by atoms with Crippen LogP contribution in [0.25, 0.3) is 0 Å². The number of carbonyl (C=O) groups excluding carboxylic acids is 1. The Hall–Kier alpha value is -3.68. The van der Waals surface area contributed by atoms with Crippen molar-refractivity contribution in [3.63, 3.8) is 0 Å². The smallest absolute Gasteiger partial charge is 0.266 e. The van der Waals surface area contributed by atoms with Crippen molar-refractivity contribution in [2.45, 2.75) is 37.3 Å². The summed E-state index contributed by atoms with van der Waals surface area (Å²) in [5.74, 6) is 0.979. The molecule has 0 saturated carbocycles. The monoisotopic (exact) mass is 499 g/mol. The molecule has 2 heterocycles. The molecule has 3 aromatic carbocycles. The standard InChI is InChI=1S/C30H33N3O4/c34-20-9-21-36-26-16-14-25(15-17-26)28-31-30(22-23-10-3-1-4-11-23,29(35)32-33-18-7-8-19-33)27(37-28)24-12-5-2-6-13-24/h1-6,10-17,27,34H,7-9,18-22H2,(H,32,35)/t27-,30-/m0/s1. The van der Waals surface area contributed by atoms with Gasteiger partial charge in [0.25, 0.3) is 5.91 Å². The second kappa shape index (κ2) is 11.6. The van der Waals surface area contributed by atoms with Crippen molar-refractivity contribution in [2.75, 3.05) is 26.3 Å². The minimum Gasteiger partial charge on any atom is -0.494 e. The quantitative estimate of drug-likeness (QED) is 0.411. The van der Waals surface area contributed by atoms with Crippen molar-refractivity contribution in [1.82, 2.24) is 10.4 Å². The number of nitrogens with zero attached hydrogens (tertiary/aromatic N) is 2. The Labute approximate surface area is 217 Å². The maximum atomic E-state index is 14.1. The zero-order valence-electron chi connectivity index (χ0n) is 20.9. The molecule has 192 valence electrons. The van der Waals surface area contributed by atoms with Crippen LogP contribution in [0.5, 0.6) is 5.75 Å². The van der Waals surface area contributed by atoms with E-state index in [1.54, 1.807) is 0 Å². The van der Waals surface area contributed by atoms with E-state index >= 15 is 0 Å². The fourth-order valence-electron chi connectivity index (χ4n) is 4.89. The van der Waals surface area contributed by atoms with Gasteiger partial charge in [0.05, 0.1) is 6.61 Å². The zero-order valence-corrected chi connectivity index (χ0v) is 20.9. The fourth-order valence-corrected chi connectivity index (χ4v) is 4.89. The molecule has 2 aliphatic rings. The Morgan fingerprint density at radius 3 is 2.35 bits per heavy atom. The Bertz CT molecular complexity index is 1190. The number of aliphatic imine (C=N–C) groups is 1. The summed E-state index contributed by atoms with van der Waals surface area (Å²) in [4.78, 5) is 19.2. The van der Waals surface area contributed by atoms with Crippen molar-refractivity contribution in [1.29, 1.82) is 0 Å². The highest BCUT2D eigenvalue weighted by atomic mass is 16.5. The van der Waals surface area contributed by atoms with Gasteiger partial charge in [-0.05, 0) is 48.2 Å². The number of benzene rings is 3. The van der Waals surface area contributed by atoms with E-state index in [0.29, 0.717) is 31.1 Å². The first-order valence-electron chi connectivity index (χ1n) is 12.9. The maximum Gasteiger partial charge on any atom is 0.266 e. The lowest BCUT2D eigenvalue weighted by Crippen LogP contribution is -2.54. The van der Waals surface area contributed by atoms with Gasteiger partial charge in [0.2, 0.25) is 5.90 Å². The normalized spacial score (nSPS) is 21.3. The first-order valence-corrected chi connectivity index (χ1v) is 12.9. The van der Waals surface area contributed by atoms with Crippen molar-refractivity contribution in [3.8, 4) is 5.75 Å². The number of nitrogens with one attached hydrogen (secondary N) is 1. The molecule has 2 N–H and O–H groups in total. The topological polar surface area (TPSA) is 83.4 Å². The number of ether oxygens (including phenoxy) is 2. The van der Waals surface area contributed by atoms with Gasteiger partial charge in [-0.25, -0.2) is 10.0 Å². The lowest BCUT2D eigenvalue weighted by atomic mass is 9.82. The fraction of sp³-hybridized carbons (Fsp3) is 0.333. The molecule has 5 rings (SSSR count). The summed E-state index contributed by atoms with van der Waals surface area (Å²) in [6.45, 7) is 2.20. The number of hydrogen-bond acceptors (Lipinski definition) is 6. The van der Waals surface area contributed by atoms with Gasteiger partial charge < -0.3 is 14.6 Å². The number of aliphatic hydroxyl groups is 1. The van der Waals surface area contributed by atoms with E-state index in [9.17, 15) is 4.79 Å². The van der Waals surface area contributed by atoms with Gasteiger partial charge in [0, 0.05) is 38.1 Å². The molecule has 0 aliphatic carbocycles. The van der Waals surface area contributed by atoms with Crippen molar-refractivity contribution in [3.05, 3.63) is 102 Å². The minimum atomic E-state index is -1.18. The van der Waals surface area contributed by atoms with Gasteiger partial charge in [-0.3, -0.25) is 10.2 Å². The summed E-state index contributed by atoms with van der Waals surface area (Å²) in [6, 6.07) is 27.4. The highest BCUT2D eigenvalue weighted by molar-refractivity contribution is 6.01. The number of aliphatic hydroxyl groups excluding tert-OH is 1. The Kier molecular flexibility index (Phi) is 7.82. The van der Waals surface area contributed by atoms with Gasteiger partial charge in [-0.2, -0.15) is 0 Å². The summed E-state index contributed by atoms with van der Waals surface area (Å²) < 4.78 is 12.2. The average Bonchev–Trinajstić information content (AvgIpc) is 3.59. The Balaban J connectivity index is 1.53. The van der Waals surface area contributed by atoms with E-state index in [4.69, 9.17) is 19.6 Å². The molecule has 2 aliphatic heterocycles. The molecule has 0 aromatic heterocycles. The molecule has 1 saturated heterocycles. The summed E-state index contributed by atoms with van der Waals surface area (Å²) in [7, 11) is 0. The van der Waals surface area contributed by atoms with Crippen LogP contribution in [0.2, 0.25) is 0 Å². The van der Waals surface area contributed by atoms with E-state index in [0.717, 1.165) is 42.6 Å². The van der Waals surface area contributed by atoms with Crippen LogP contribution < -0.4 is 10.2 Å². The molecule has 0 radical (unpaired) electrons. The lowest BCUT2D eigenvalue weighted by molar-refractivity contribution is -0.133. The molecule has 7 nitrogen and oxygen atoms in total. The van der Waals surface area contributed by atoms with E-state index in [1.807, 2.05) is 89.9 Å². The van der Waals surface area contributed by atoms with Crippen LogP contribution in [0.1, 0.15) is 42.1 Å². The van der Waals surface area contributed by atoms with Gasteiger partial charge in [0.15, 0.2) is 11.6 Å². The third kappa shape index (κ3) is 5.68. The van der Waals surface area contributed by atoms with Gasteiger partial charge in [-0.15, -0.1) is 0 Å². The minimum absolute atomic E-state index is 0.0899. The van der Waals surface area contributed by atoms with Crippen LogP contribution in [-0.4, -0.2) is 53.8 Å². The van der Waals surface area contributed by atoms with Crippen molar-refractivity contribution in [2.24, 2.45) is 4.99 Å². The number of hydrazine groups is 1. The van der Waals surface area contributed by atoms with E-state index < -0.39 is 11.6 Å². The molecule has 2 atom stereocenters. The number of hydrogen-bond donors (Lipinski definition) is 2. The highest BCUT2D eigenvalue weighted by Crippen LogP contribution is 2.42. The van der Waals surface area contributed by atoms with Crippen molar-refractivity contribution < 1.29 is 19.4 Å². The molecule has 0 unspecified atom stereocenters. The second-order valence-corrected chi connectivity index (χ2v) is 9.50. The first-order chi connectivity index (χ1) is 18.2. The molecule has 0 bridgehead atoms. The molecular formula is C30H33N3O4. The van der Waals surface area contributed by atoms with E-state index in [-0.39, 0.29) is 12.5 Å². The third-order valence-electron chi connectivity index (χ3n) is 6.81. The SMILES string of the molecule is O=C(NN1CCCC1)[C@@]1(Cc2ccccc2)N=C(c2ccc(OCCCO)cc2)O[C@H]1c1ccccc1. The summed E-state index contributed by atoms with van der Waals surface area (Å²) in [5, 5.41) is 11.0. The number of rotatable bonds is 10. The predicted molar refractivity (Wildman–Crippen MR) is 142 cm³/mol. The van der Waals surface area contributed by atoms with Crippen LogP contribution in [0.3, 0.4) is 0 Å². The van der Waals surface area contributed by atoms with Crippen LogP contribution in [0.15, 0.2) is 89.9 Å². The van der Waals surface area contributed by atoms with Crippen LogP contribution in [0.4, 0.5) is 0 Å². The molecule has 1 amide bonds. The number of amides is 1. The zero-order chi connectivity index (χ0) is 25.5. The first kappa shape index (κ1) is 25.0. The third-order valence-corrected chi connectivity index (χ3v) is 6.81. The van der Waals surface area contributed by atoms with E-state index in [2.05, 4.69) is 5.43 Å².